The van der Waals surface area contributed by atoms with Gasteiger partial charge in [0.25, 0.3) is 0 Å². The topological polar surface area (TPSA) is 70.2 Å². The monoisotopic (exact) mass is 399 g/mol. The summed E-state index contributed by atoms with van der Waals surface area (Å²) in [4.78, 5) is 16.0. The lowest BCUT2D eigenvalue weighted by Gasteiger charge is -2.38. The maximum Gasteiger partial charge on any atom is 0.246 e. The van der Waals surface area contributed by atoms with E-state index in [9.17, 15) is 17.6 Å². The molecule has 150 valence electrons. The minimum Gasteiger partial charge on any atom is -0.373 e. The quantitative estimate of drug-likeness (QED) is 0.748. The zero-order chi connectivity index (χ0) is 19.6. The molecule has 2 atom stereocenters. The zero-order valence-electron chi connectivity index (χ0n) is 15.7. The highest BCUT2D eigenvalue weighted by atomic mass is 32.2. The molecule has 1 aromatic carbocycles. The molecule has 2 saturated heterocycles. The third kappa shape index (κ3) is 4.66. The van der Waals surface area contributed by atoms with Crippen LogP contribution < -0.4 is 0 Å². The Morgan fingerprint density at radius 3 is 2.30 bits per heavy atom. The lowest BCUT2D eigenvalue weighted by atomic mass is 10.2. The summed E-state index contributed by atoms with van der Waals surface area (Å²) >= 11 is 0. The largest absolute Gasteiger partial charge is 0.373 e. The Kier molecular flexibility index (Phi) is 6.15. The second-order valence-electron chi connectivity index (χ2n) is 7.17. The molecule has 2 fully saturated rings. The molecule has 0 aliphatic carbocycles. The molecule has 0 spiro atoms. The van der Waals surface area contributed by atoms with Gasteiger partial charge in [-0.1, -0.05) is 12.1 Å². The average Bonchev–Trinajstić information content (AvgIpc) is 2.61. The van der Waals surface area contributed by atoms with Gasteiger partial charge in [0.05, 0.1) is 18.8 Å². The van der Waals surface area contributed by atoms with Crippen LogP contribution in [0.2, 0.25) is 0 Å². The lowest BCUT2D eigenvalue weighted by Crippen LogP contribution is -2.54. The number of halogens is 1. The van der Waals surface area contributed by atoms with Crippen molar-refractivity contribution < 1.29 is 22.3 Å². The minimum atomic E-state index is -3.89. The molecule has 27 heavy (non-hydrogen) atoms. The number of carbonyl (C=O) groups excluding carboxylic acids is 1. The fourth-order valence-corrected chi connectivity index (χ4v) is 5.16. The summed E-state index contributed by atoms with van der Waals surface area (Å²) in [6, 6.07) is 5.36. The van der Waals surface area contributed by atoms with Gasteiger partial charge in [0.15, 0.2) is 0 Å². The van der Waals surface area contributed by atoms with Gasteiger partial charge < -0.3 is 9.64 Å². The standard InChI is InChI=1S/C18H26FN3O4S/c1-14-11-20(12-15(2)26-14)13-18(23)21-7-9-22(10-8-21)27(24,25)17-6-4-3-5-16(17)19/h3-6,14-15H,7-13H2,1-2H3/t14-,15-/m0/s1. The van der Waals surface area contributed by atoms with Crippen molar-refractivity contribution in [2.75, 3.05) is 45.8 Å². The molecule has 7 nitrogen and oxygen atoms in total. The zero-order valence-corrected chi connectivity index (χ0v) is 16.5. The van der Waals surface area contributed by atoms with Gasteiger partial charge in [0.2, 0.25) is 15.9 Å². The number of hydrogen-bond donors (Lipinski definition) is 0. The molecule has 0 radical (unpaired) electrons. The van der Waals surface area contributed by atoms with Crippen molar-refractivity contribution in [3.05, 3.63) is 30.1 Å². The van der Waals surface area contributed by atoms with E-state index in [1.54, 1.807) is 4.90 Å². The first-order valence-corrected chi connectivity index (χ1v) is 10.6. The SMILES string of the molecule is C[C@H]1CN(CC(=O)N2CCN(S(=O)(=O)c3ccccc3F)CC2)C[C@H](C)O1. The maximum atomic E-state index is 13.9. The van der Waals surface area contributed by atoms with Crippen molar-refractivity contribution in [2.45, 2.75) is 31.0 Å². The van der Waals surface area contributed by atoms with Crippen LogP contribution in [0.4, 0.5) is 4.39 Å². The fraction of sp³-hybridized carbons (Fsp3) is 0.611. The molecule has 9 heteroatoms. The molecule has 2 aliphatic heterocycles. The number of sulfonamides is 1. The number of rotatable bonds is 4. The first kappa shape index (κ1) is 20.2. The summed E-state index contributed by atoms with van der Waals surface area (Å²) in [7, 11) is -3.89. The second-order valence-corrected chi connectivity index (χ2v) is 9.07. The molecule has 3 rings (SSSR count). The van der Waals surface area contributed by atoms with Crippen LogP contribution in [-0.4, -0.2) is 86.5 Å². The average molecular weight is 399 g/mol. The third-order valence-electron chi connectivity index (χ3n) is 4.90. The van der Waals surface area contributed by atoms with Gasteiger partial charge in [-0.3, -0.25) is 9.69 Å². The van der Waals surface area contributed by atoms with E-state index >= 15 is 0 Å². The van der Waals surface area contributed by atoms with Crippen LogP contribution in [0.15, 0.2) is 29.2 Å². The summed E-state index contributed by atoms with van der Waals surface area (Å²) < 4.78 is 46.1. The molecule has 0 aromatic heterocycles. The van der Waals surface area contributed by atoms with E-state index in [1.807, 2.05) is 13.8 Å². The number of amides is 1. The Labute approximate surface area is 159 Å². The summed E-state index contributed by atoms with van der Waals surface area (Å²) in [6.45, 7) is 6.63. The molecule has 0 unspecified atom stereocenters. The molecule has 2 heterocycles. The number of piperazine rings is 1. The van der Waals surface area contributed by atoms with Crippen molar-refractivity contribution in [2.24, 2.45) is 0 Å². The Balaban J connectivity index is 1.57. The molecule has 0 N–H and O–H groups in total. The Hall–Kier alpha value is -1.55. The molecular weight excluding hydrogens is 373 g/mol. The van der Waals surface area contributed by atoms with Crippen LogP contribution in [0.3, 0.4) is 0 Å². The minimum absolute atomic E-state index is 0.0146. The van der Waals surface area contributed by atoms with Crippen molar-refractivity contribution in [1.29, 1.82) is 0 Å². The second kappa shape index (κ2) is 8.22. The van der Waals surface area contributed by atoms with Crippen molar-refractivity contribution in [3.8, 4) is 0 Å². The summed E-state index contributed by atoms with van der Waals surface area (Å²) in [6.07, 6.45) is 0.175. The van der Waals surface area contributed by atoms with Gasteiger partial charge in [-0.2, -0.15) is 4.31 Å². The summed E-state index contributed by atoms with van der Waals surface area (Å²) in [5.74, 6) is -0.772. The van der Waals surface area contributed by atoms with Gasteiger partial charge in [0.1, 0.15) is 10.7 Å². The molecule has 1 aromatic rings. The van der Waals surface area contributed by atoms with E-state index in [1.165, 1.54) is 22.5 Å². The Morgan fingerprint density at radius 1 is 1.11 bits per heavy atom. The molecular formula is C18H26FN3O4S. The van der Waals surface area contributed by atoms with E-state index in [0.717, 1.165) is 6.07 Å². The molecule has 0 saturated carbocycles. The molecule has 0 bridgehead atoms. The summed E-state index contributed by atoms with van der Waals surface area (Å²) in [5.41, 5.74) is 0. The van der Waals surface area contributed by atoms with E-state index in [4.69, 9.17) is 4.74 Å². The number of benzene rings is 1. The van der Waals surface area contributed by atoms with Crippen molar-refractivity contribution in [1.82, 2.24) is 14.1 Å². The fourth-order valence-electron chi connectivity index (χ4n) is 3.68. The van der Waals surface area contributed by atoms with Crippen LogP contribution in [-0.2, 0) is 19.6 Å². The third-order valence-corrected chi connectivity index (χ3v) is 6.83. The van der Waals surface area contributed by atoms with Gasteiger partial charge in [-0.05, 0) is 26.0 Å². The highest BCUT2D eigenvalue weighted by Crippen LogP contribution is 2.20. The number of ether oxygens (including phenoxy) is 1. The smallest absolute Gasteiger partial charge is 0.246 e. The van der Waals surface area contributed by atoms with Crippen LogP contribution in [0.25, 0.3) is 0 Å². The predicted molar refractivity (Wildman–Crippen MR) is 98.2 cm³/mol. The number of nitrogens with zero attached hydrogens (tertiary/aromatic N) is 3. The Morgan fingerprint density at radius 2 is 1.70 bits per heavy atom. The predicted octanol–water partition coefficient (Wildman–Crippen LogP) is 0.768. The van der Waals surface area contributed by atoms with Crippen LogP contribution in [0, 0.1) is 5.82 Å². The van der Waals surface area contributed by atoms with Crippen molar-refractivity contribution in [3.63, 3.8) is 0 Å². The van der Waals surface area contributed by atoms with E-state index in [2.05, 4.69) is 4.90 Å². The van der Waals surface area contributed by atoms with Crippen LogP contribution in [0.5, 0.6) is 0 Å². The van der Waals surface area contributed by atoms with Gasteiger partial charge >= 0.3 is 0 Å². The highest BCUT2D eigenvalue weighted by Gasteiger charge is 2.32. The van der Waals surface area contributed by atoms with Crippen molar-refractivity contribution >= 4 is 15.9 Å². The van der Waals surface area contributed by atoms with Gasteiger partial charge in [0, 0.05) is 39.3 Å². The summed E-state index contributed by atoms with van der Waals surface area (Å²) in [5, 5.41) is 0. The van der Waals surface area contributed by atoms with E-state index < -0.39 is 15.8 Å². The maximum absolute atomic E-state index is 13.9. The number of morpholine rings is 1. The van der Waals surface area contributed by atoms with Gasteiger partial charge in [-0.25, -0.2) is 12.8 Å². The lowest BCUT2D eigenvalue weighted by molar-refractivity contribution is -0.137. The first-order valence-electron chi connectivity index (χ1n) is 9.17. The molecule has 1 amide bonds. The number of hydrogen-bond acceptors (Lipinski definition) is 5. The van der Waals surface area contributed by atoms with Crippen LogP contribution >= 0.6 is 0 Å². The van der Waals surface area contributed by atoms with E-state index in [0.29, 0.717) is 32.7 Å². The number of carbonyl (C=O) groups is 1. The van der Waals surface area contributed by atoms with Gasteiger partial charge in [-0.15, -0.1) is 0 Å². The van der Waals surface area contributed by atoms with Crippen LogP contribution in [0.1, 0.15) is 13.8 Å². The van der Waals surface area contributed by atoms with E-state index in [-0.39, 0.29) is 36.1 Å². The Bertz CT molecular complexity index is 771. The molecule has 2 aliphatic rings. The highest BCUT2D eigenvalue weighted by molar-refractivity contribution is 7.89. The first-order chi connectivity index (χ1) is 12.8. The normalized spacial score (nSPS) is 25.5.